The normalized spacial score (nSPS) is 10.3. The summed E-state index contributed by atoms with van der Waals surface area (Å²) in [6, 6.07) is 13.5. The van der Waals surface area contributed by atoms with Gasteiger partial charge in [0.2, 0.25) is 0 Å². The largest absolute Gasteiger partial charge is 0.497 e. The second kappa shape index (κ2) is 9.72. The standard InChI is InChI=1S/C20H20N4O5S/c1-28-14-6-8-15(9-7-14)29-20-23-16(17(21)26)19(30-20)24-18(27)12-2-4-13(5-3-12)22-10-11-25/h2-9,22,25H,10-11H2,1H3,(H2,21,26)(H,24,27). The Labute approximate surface area is 176 Å². The van der Waals surface area contributed by atoms with Crippen molar-refractivity contribution in [1.29, 1.82) is 0 Å². The van der Waals surface area contributed by atoms with Gasteiger partial charge in [0, 0.05) is 17.8 Å². The third-order valence-electron chi connectivity index (χ3n) is 3.92. The molecule has 0 atom stereocenters. The number of methoxy groups -OCH3 is 1. The number of aliphatic hydroxyl groups excluding tert-OH is 1. The minimum atomic E-state index is -0.783. The fourth-order valence-corrected chi connectivity index (χ4v) is 3.29. The molecule has 1 heterocycles. The summed E-state index contributed by atoms with van der Waals surface area (Å²) in [5.41, 5.74) is 6.46. The highest BCUT2D eigenvalue weighted by Crippen LogP contribution is 2.34. The number of nitrogens with zero attached hydrogens (tertiary/aromatic N) is 1. The minimum absolute atomic E-state index is 0.00440. The van der Waals surface area contributed by atoms with Gasteiger partial charge < -0.3 is 30.9 Å². The number of aromatic nitrogens is 1. The molecule has 5 N–H and O–H groups in total. The summed E-state index contributed by atoms with van der Waals surface area (Å²) in [6.07, 6.45) is 0. The van der Waals surface area contributed by atoms with Gasteiger partial charge in [-0.05, 0) is 48.5 Å². The molecule has 9 nitrogen and oxygen atoms in total. The van der Waals surface area contributed by atoms with Crippen molar-refractivity contribution in [2.45, 2.75) is 0 Å². The van der Waals surface area contributed by atoms with Crippen LogP contribution in [0.3, 0.4) is 0 Å². The Morgan fingerprint density at radius 2 is 1.77 bits per heavy atom. The SMILES string of the molecule is COc1ccc(Oc2nc(C(N)=O)c(NC(=O)c3ccc(NCCO)cc3)s2)cc1. The van der Waals surface area contributed by atoms with Gasteiger partial charge in [-0.3, -0.25) is 9.59 Å². The van der Waals surface area contributed by atoms with Gasteiger partial charge in [0.15, 0.2) is 5.69 Å². The molecular weight excluding hydrogens is 408 g/mol. The van der Waals surface area contributed by atoms with E-state index in [4.69, 9.17) is 20.3 Å². The van der Waals surface area contributed by atoms with Gasteiger partial charge in [-0.2, -0.15) is 4.98 Å². The number of benzene rings is 2. The summed E-state index contributed by atoms with van der Waals surface area (Å²) in [6.45, 7) is 0.412. The zero-order valence-corrected chi connectivity index (χ0v) is 16.9. The number of aliphatic hydroxyl groups is 1. The van der Waals surface area contributed by atoms with Crippen LogP contribution in [0.2, 0.25) is 0 Å². The van der Waals surface area contributed by atoms with Gasteiger partial charge >= 0.3 is 0 Å². The molecule has 0 aliphatic heterocycles. The van der Waals surface area contributed by atoms with Gasteiger partial charge in [0.1, 0.15) is 16.5 Å². The molecule has 0 bridgehead atoms. The van der Waals surface area contributed by atoms with E-state index in [1.54, 1.807) is 55.6 Å². The first-order valence-corrected chi connectivity index (χ1v) is 9.70. The number of carbonyl (C=O) groups is 2. The molecule has 0 spiro atoms. The summed E-state index contributed by atoms with van der Waals surface area (Å²) in [7, 11) is 1.56. The minimum Gasteiger partial charge on any atom is -0.497 e. The molecule has 0 aliphatic carbocycles. The molecule has 2 amide bonds. The first-order valence-electron chi connectivity index (χ1n) is 8.89. The van der Waals surface area contributed by atoms with Crippen molar-refractivity contribution in [3.63, 3.8) is 0 Å². The van der Waals surface area contributed by atoms with Crippen LogP contribution in [0.1, 0.15) is 20.8 Å². The summed E-state index contributed by atoms with van der Waals surface area (Å²) >= 11 is 0.992. The third-order valence-corrected chi connectivity index (χ3v) is 4.77. The van der Waals surface area contributed by atoms with E-state index in [2.05, 4.69) is 15.6 Å². The Morgan fingerprint density at radius 1 is 1.10 bits per heavy atom. The van der Waals surface area contributed by atoms with E-state index in [9.17, 15) is 9.59 Å². The highest BCUT2D eigenvalue weighted by molar-refractivity contribution is 7.18. The molecule has 156 valence electrons. The van der Waals surface area contributed by atoms with Crippen LogP contribution in [0.25, 0.3) is 0 Å². The van der Waals surface area contributed by atoms with E-state index in [1.807, 2.05) is 0 Å². The molecule has 0 radical (unpaired) electrons. The second-order valence-corrected chi connectivity index (χ2v) is 6.94. The van der Waals surface area contributed by atoms with Crippen molar-refractivity contribution >= 4 is 33.8 Å². The zero-order chi connectivity index (χ0) is 21.5. The maximum atomic E-state index is 12.6. The predicted molar refractivity (Wildman–Crippen MR) is 114 cm³/mol. The van der Waals surface area contributed by atoms with Gasteiger partial charge in [-0.15, -0.1) is 0 Å². The lowest BCUT2D eigenvalue weighted by atomic mass is 10.2. The smallest absolute Gasteiger partial charge is 0.281 e. The molecule has 3 rings (SSSR count). The molecule has 0 fully saturated rings. The summed E-state index contributed by atoms with van der Waals surface area (Å²) in [5.74, 6) is -0.0465. The average molecular weight is 428 g/mol. The second-order valence-electron chi connectivity index (χ2n) is 5.98. The Bertz CT molecular complexity index is 1020. The number of thiazole rings is 1. The molecule has 30 heavy (non-hydrogen) atoms. The molecule has 0 unspecified atom stereocenters. The lowest BCUT2D eigenvalue weighted by Gasteiger charge is -2.06. The summed E-state index contributed by atoms with van der Waals surface area (Å²) in [5, 5.41) is 14.8. The molecule has 1 aromatic heterocycles. The highest BCUT2D eigenvalue weighted by Gasteiger charge is 2.20. The molecule has 10 heteroatoms. The Morgan fingerprint density at radius 3 is 2.37 bits per heavy atom. The Hall–Kier alpha value is -3.63. The van der Waals surface area contributed by atoms with Gasteiger partial charge in [0.05, 0.1) is 13.7 Å². The number of hydrogen-bond acceptors (Lipinski definition) is 8. The number of ether oxygens (including phenoxy) is 2. The topological polar surface area (TPSA) is 136 Å². The van der Waals surface area contributed by atoms with Crippen molar-refractivity contribution < 1.29 is 24.2 Å². The molecule has 3 aromatic rings. The molecule has 2 aromatic carbocycles. The van der Waals surface area contributed by atoms with E-state index < -0.39 is 11.8 Å². The van der Waals surface area contributed by atoms with Gasteiger partial charge in [-0.25, -0.2) is 0 Å². The lowest BCUT2D eigenvalue weighted by Crippen LogP contribution is -2.17. The highest BCUT2D eigenvalue weighted by atomic mass is 32.1. The number of carbonyl (C=O) groups excluding carboxylic acids is 2. The van der Waals surface area contributed by atoms with E-state index in [0.717, 1.165) is 17.0 Å². The van der Waals surface area contributed by atoms with Crippen molar-refractivity contribution in [1.82, 2.24) is 4.98 Å². The number of nitrogens with two attached hydrogens (primary N) is 1. The lowest BCUT2D eigenvalue weighted by molar-refractivity contribution is 0.0996. The fraction of sp³-hybridized carbons (Fsp3) is 0.150. The number of hydrogen-bond donors (Lipinski definition) is 4. The average Bonchev–Trinajstić information content (AvgIpc) is 3.15. The van der Waals surface area contributed by atoms with Crippen molar-refractivity contribution in [2.24, 2.45) is 5.73 Å². The monoisotopic (exact) mass is 428 g/mol. The van der Waals surface area contributed by atoms with Crippen LogP contribution in [0.4, 0.5) is 10.7 Å². The molecule has 0 aliphatic rings. The summed E-state index contributed by atoms with van der Waals surface area (Å²) in [4.78, 5) is 28.4. The number of rotatable bonds is 9. The number of nitrogens with one attached hydrogen (secondary N) is 2. The Kier molecular flexibility index (Phi) is 6.83. The van der Waals surface area contributed by atoms with Crippen LogP contribution in [0.15, 0.2) is 48.5 Å². The first-order chi connectivity index (χ1) is 14.5. The van der Waals surface area contributed by atoms with Crippen LogP contribution in [-0.2, 0) is 0 Å². The number of amides is 2. The zero-order valence-electron chi connectivity index (χ0n) is 16.0. The predicted octanol–water partition coefficient (Wildman–Crippen LogP) is 2.70. The van der Waals surface area contributed by atoms with E-state index >= 15 is 0 Å². The van der Waals surface area contributed by atoms with Crippen LogP contribution in [-0.4, -0.2) is 42.2 Å². The maximum Gasteiger partial charge on any atom is 0.281 e. The number of primary amides is 1. The van der Waals surface area contributed by atoms with E-state index in [-0.39, 0.29) is 22.5 Å². The fourth-order valence-electron chi connectivity index (χ4n) is 2.46. The van der Waals surface area contributed by atoms with Crippen molar-refractivity contribution in [3.05, 3.63) is 59.8 Å². The first kappa shape index (κ1) is 21.1. The Balaban J connectivity index is 1.74. The van der Waals surface area contributed by atoms with Gasteiger partial charge in [-0.1, -0.05) is 11.3 Å². The van der Waals surface area contributed by atoms with Crippen molar-refractivity contribution in [2.75, 3.05) is 30.9 Å². The quantitative estimate of drug-likeness (QED) is 0.411. The molecular formula is C20H20N4O5S. The van der Waals surface area contributed by atoms with Gasteiger partial charge in [0.25, 0.3) is 17.0 Å². The summed E-state index contributed by atoms with van der Waals surface area (Å²) < 4.78 is 10.7. The number of anilines is 2. The van der Waals surface area contributed by atoms with Crippen LogP contribution >= 0.6 is 11.3 Å². The third kappa shape index (κ3) is 5.25. The molecule has 0 saturated carbocycles. The van der Waals surface area contributed by atoms with Crippen LogP contribution in [0, 0.1) is 0 Å². The van der Waals surface area contributed by atoms with Crippen LogP contribution < -0.4 is 25.8 Å². The maximum absolute atomic E-state index is 12.6. The van der Waals surface area contributed by atoms with E-state index in [1.165, 1.54) is 0 Å². The van der Waals surface area contributed by atoms with Crippen LogP contribution in [0.5, 0.6) is 16.7 Å². The molecule has 0 saturated heterocycles. The van der Waals surface area contributed by atoms with E-state index in [0.29, 0.717) is 23.6 Å². The van der Waals surface area contributed by atoms with Crippen molar-refractivity contribution in [3.8, 4) is 16.7 Å².